The van der Waals surface area contributed by atoms with Gasteiger partial charge in [0.15, 0.2) is 0 Å². The van der Waals surface area contributed by atoms with Gasteiger partial charge in [-0.3, -0.25) is 14.9 Å². The molecule has 1 aromatic carbocycles. The van der Waals surface area contributed by atoms with Crippen LogP contribution >= 0.6 is 11.3 Å². The van der Waals surface area contributed by atoms with E-state index in [-0.39, 0.29) is 11.9 Å². The van der Waals surface area contributed by atoms with Crippen molar-refractivity contribution in [1.29, 1.82) is 0 Å². The van der Waals surface area contributed by atoms with Gasteiger partial charge in [-0.15, -0.1) is 11.3 Å². The lowest BCUT2D eigenvalue weighted by Gasteiger charge is -2.23. The highest BCUT2D eigenvalue weighted by Gasteiger charge is 2.22. The van der Waals surface area contributed by atoms with E-state index in [2.05, 4.69) is 16.0 Å². The quantitative estimate of drug-likeness (QED) is 0.530. The highest BCUT2D eigenvalue weighted by molar-refractivity contribution is 7.20. The molecular formula is C18H21N5O3S. The highest BCUT2D eigenvalue weighted by Crippen LogP contribution is 2.35. The number of hydrogen-bond donors (Lipinski definition) is 5. The molecule has 1 aliphatic rings. The van der Waals surface area contributed by atoms with Crippen molar-refractivity contribution in [3.63, 3.8) is 0 Å². The van der Waals surface area contributed by atoms with E-state index in [0.29, 0.717) is 16.1 Å². The molecule has 0 unspecified atom stereocenters. The average molecular weight is 387 g/mol. The molecule has 0 saturated carbocycles. The molecule has 1 saturated heterocycles. The third-order valence-electron chi connectivity index (χ3n) is 4.30. The number of urea groups is 1. The normalized spacial score (nSPS) is 16.5. The van der Waals surface area contributed by atoms with Crippen molar-refractivity contribution in [1.82, 2.24) is 10.6 Å². The number of carbonyl (C=O) groups excluding carboxylic acids is 3. The lowest BCUT2D eigenvalue weighted by atomic mass is 10.1. The topological polar surface area (TPSA) is 139 Å². The average Bonchev–Trinajstić information content (AvgIpc) is 3.06. The van der Waals surface area contributed by atoms with E-state index in [1.54, 1.807) is 30.3 Å². The predicted octanol–water partition coefficient (Wildman–Crippen LogP) is 1.49. The summed E-state index contributed by atoms with van der Waals surface area (Å²) in [6, 6.07) is 7.74. The number of carbonyl (C=O) groups is 3. The first-order valence-corrected chi connectivity index (χ1v) is 9.38. The van der Waals surface area contributed by atoms with Crippen LogP contribution in [0.15, 0.2) is 30.3 Å². The van der Waals surface area contributed by atoms with E-state index in [9.17, 15) is 14.4 Å². The molecule has 1 atom stereocenters. The SMILES string of the molecule is NC(=O)Nc1sc(-c2ccc(C(N)=O)cc2)cc1C(=O)N[C@H]1CCCNC1. The van der Waals surface area contributed by atoms with Gasteiger partial charge in [0.25, 0.3) is 5.91 Å². The summed E-state index contributed by atoms with van der Waals surface area (Å²) in [6.45, 7) is 1.67. The van der Waals surface area contributed by atoms with Gasteiger partial charge in [0.1, 0.15) is 5.00 Å². The van der Waals surface area contributed by atoms with Crippen molar-refractivity contribution >= 4 is 34.2 Å². The molecule has 27 heavy (non-hydrogen) atoms. The van der Waals surface area contributed by atoms with Gasteiger partial charge < -0.3 is 22.1 Å². The predicted molar refractivity (Wildman–Crippen MR) is 105 cm³/mol. The zero-order valence-electron chi connectivity index (χ0n) is 14.6. The summed E-state index contributed by atoms with van der Waals surface area (Å²) in [5.74, 6) is -0.770. The molecule has 142 valence electrons. The van der Waals surface area contributed by atoms with Gasteiger partial charge in [0.2, 0.25) is 5.91 Å². The van der Waals surface area contributed by atoms with Gasteiger partial charge in [-0.2, -0.15) is 0 Å². The van der Waals surface area contributed by atoms with E-state index >= 15 is 0 Å². The van der Waals surface area contributed by atoms with Crippen LogP contribution in [0.1, 0.15) is 33.6 Å². The molecule has 3 rings (SSSR count). The Hall–Kier alpha value is -2.91. The first-order chi connectivity index (χ1) is 12.9. The van der Waals surface area contributed by atoms with E-state index in [1.165, 1.54) is 11.3 Å². The number of hydrogen-bond acceptors (Lipinski definition) is 5. The zero-order valence-corrected chi connectivity index (χ0v) is 15.4. The lowest BCUT2D eigenvalue weighted by Crippen LogP contribution is -2.45. The maximum absolute atomic E-state index is 12.7. The fourth-order valence-corrected chi connectivity index (χ4v) is 4.01. The van der Waals surface area contributed by atoms with Crippen molar-refractivity contribution < 1.29 is 14.4 Å². The standard InChI is InChI=1S/C18H21N5O3S/c19-15(24)11-5-3-10(4-6-11)14-8-13(17(27-14)23-18(20)26)16(25)22-12-2-1-7-21-9-12/h3-6,8,12,21H,1-2,7,9H2,(H2,19,24)(H,22,25)(H3,20,23,26)/t12-/m0/s1. The molecule has 9 heteroatoms. The molecule has 0 radical (unpaired) electrons. The minimum atomic E-state index is -0.735. The molecule has 2 heterocycles. The number of amides is 4. The number of piperidine rings is 1. The van der Waals surface area contributed by atoms with Gasteiger partial charge in [-0.05, 0) is 43.1 Å². The van der Waals surface area contributed by atoms with E-state index in [0.717, 1.165) is 36.4 Å². The second-order valence-corrected chi connectivity index (χ2v) is 7.35. The maximum atomic E-state index is 12.7. The maximum Gasteiger partial charge on any atom is 0.317 e. The Balaban J connectivity index is 1.86. The number of thiophene rings is 1. The highest BCUT2D eigenvalue weighted by atomic mass is 32.1. The molecule has 8 nitrogen and oxygen atoms in total. The van der Waals surface area contributed by atoms with Gasteiger partial charge in [0.05, 0.1) is 5.56 Å². The minimum Gasteiger partial charge on any atom is -0.366 e. The van der Waals surface area contributed by atoms with Crippen molar-refractivity contribution in [2.24, 2.45) is 11.5 Å². The Morgan fingerprint density at radius 3 is 2.48 bits per heavy atom. The van der Waals surface area contributed by atoms with Crippen LogP contribution in [0, 0.1) is 0 Å². The summed E-state index contributed by atoms with van der Waals surface area (Å²) in [6.07, 6.45) is 1.90. The number of nitrogens with one attached hydrogen (secondary N) is 3. The first kappa shape index (κ1) is 18.9. The lowest BCUT2D eigenvalue weighted by molar-refractivity contribution is 0.0931. The minimum absolute atomic E-state index is 0.0471. The van der Waals surface area contributed by atoms with Crippen LogP contribution in [0.25, 0.3) is 10.4 Å². The Morgan fingerprint density at radius 1 is 1.15 bits per heavy atom. The molecule has 1 aliphatic heterocycles. The van der Waals surface area contributed by atoms with Crippen molar-refractivity contribution in [3.05, 3.63) is 41.5 Å². The zero-order chi connectivity index (χ0) is 19.4. The molecule has 0 bridgehead atoms. The summed E-state index contributed by atoms with van der Waals surface area (Å²) in [5.41, 5.74) is 12.1. The van der Waals surface area contributed by atoms with Crippen molar-refractivity contribution in [3.8, 4) is 10.4 Å². The third-order valence-corrected chi connectivity index (χ3v) is 5.40. The van der Waals surface area contributed by atoms with Gasteiger partial charge in [0, 0.05) is 23.0 Å². The van der Waals surface area contributed by atoms with E-state index < -0.39 is 11.9 Å². The number of primary amides is 2. The Bertz CT molecular complexity index is 856. The van der Waals surface area contributed by atoms with E-state index in [4.69, 9.17) is 11.5 Å². The van der Waals surface area contributed by atoms with Crippen LogP contribution in [0.4, 0.5) is 9.80 Å². The summed E-state index contributed by atoms with van der Waals surface area (Å²) >= 11 is 1.24. The molecule has 4 amide bonds. The summed E-state index contributed by atoms with van der Waals surface area (Å²) in [5, 5.41) is 9.14. The second kappa shape index (κ2) is 8.19. The van der Waals surface area contributed by atoms with Gasteiger partial charge in [-0.25, -0.2) is 4.79 Å². The summed E-state index contributed by atoms with van der Waals surface area (Å²) in [4.78, 5) is 36.0. The van der Waals surface area contributed by atoms with Crippen molar-refractivity contribution in [2.75, 3.05) is 18.4 Å². The van der Waals surface area contributed by atoms with E-state index in [1.807, 2.05) is 0 Å². The molecule has 1 fully saturated rings. The fraction of sp³-hybridized carbons (Fsp3) is 0.278. The van der Waals surface area contributed by atoms with Crippen LogP contribution in [0.2, 0.25) is 0 Å². The monoisotopic (exact) mass is 387 g/mol. The van der Waals surface area contributed by atoms with Gasteiger partial charge >= 0.3 is 6.03 Å². The number of rotatable bonds is 5. The molecule has 0 spiro atoms. The van der Waals surface area contributed by atoms with Crippen LogP contribution in [0.3, 0.4) is 0 Å². The van der Waals surface area contributed by atoms with Gasteiger partial charge in [-0.1, -0.05) is 12.1 Å². The molecule has 1 aromatic heterocycles. The van der Waals surface area contributed by atoms with Crippen LogP contribution in [0.5, 0.6) is 0 Å². The summed E-state index contributed by atoms with van der Waals surface area (Å²) in [7, 11) is 0. The molecular weight excluding hydrogens is 366 g/mol. The largest absolute Gasteiger partial charge is 0.366 e. The molecule has 0 aliphatic carbocycles. The fourth-order valence-electron chi connectivity index (χ4n) is 2.94. The first-order valence-electron chi connectivity index (χ1n) is 8.56. The Morgan fingerprint density at radius 2 is 1.89 bits per heavy atom. The Kier molecular flexibility index (Phi) is 5.72. The Labute approximate surface area is 160 Å². The van der Waals surface area contributed by atoms with Crippen molar-refractivity contribution in [2.45, 2.75) is 18.9 Å². The number of benzene rings is 1. The molecule has 7 N–H and O–H groups in total. The smallest absolute Gasteiger partial charge is 0.317 e. The number of anilines is 1. The summed E-state index contributed by atoms with van der Waals surface area (Å²) < 4.78 is 0. The molecule has 2 aromatic rings. The van der Waals surface area contributed by atoms with Crippen LogP contribution in [-0.4, -0.2) is 37.0 Å². The third kappa shape index (κ3) is 4.63. The van der Waals surface area contributed by atoms with Crippen LogP contribution < -0.4 is 27.4 Å². The van der Waals surface area contributed by atoms with Crippen LogP contribution in [-0.2, 0) is 0 Å². The second-order valence-electron chi connectivity index (χ2n) is 6.30. The number of nitrogens with two attached hydrogens (primary N) is 2.